The third-order valence-corrected chi connectivity index (χ3v) is 4.37. The highest BCUT2D eigenvalue weighted by Gasteiger charge is 2.19. The molecule has 0 aliphatic carbocycles. The molecule has 1 aromatic rings. The molecule has 1 aliphatic rings. The minimum Gasteiger partial charge on any atom is -0.490 e. The first-order chi connectivity index (χ1) is 10.5. The first-order valence-corrected chi connectivity index (χ1v) is 8.55. The second kappa shape index (κ2) is 7.98. The summed E-state index contributed by atoms with van der Waals surface area (Å²) in [6.07, 6.45) is 3.01. The lowest BCUT2D eigenvalue weighted by atomic mass is 9.98. The molecule has 0 saturated carbocycles. The number of hydrogen-bond acceptors (Lipinski definition) is 3. The van der Waals surface area contributed by atoms with E-state index in [1.807, 2.05) is 13.8 Å². The molecule has 1 heterocycles. The lowest BCUT2D eigenvalue weighted by Gasteiger charge is -2.29. The van der Waals surface area contributed by atoms with Crippen molar-refractivity contribution in [3.8, 4) is 5.75 Å². The van der Waals surface area contributed by atoms with Gasteiger partial charge in [0.25, 0.3) is 0 Å². The summed E-state index contributed by atoms with van der Waals surface area (Å²) in [5, 5.41) is 0.575. The average Bonchev–Trinajstić information content (AvgIpc) is 2.48. The Morgan fingerprint density at radius 1 is 1.36 bits per heavy atom. The van der Waals surface area contributed by atoms with Gasteiger partial charge < -0.3 is 9.64 Å². The number of halogens is 1. The smallest absolute Gasteiger partial charge is 0.167 e. The van der Waals surface area contributed by atoms with Crippen molar-refractivity contribution in [1.29, 1.82) is 0 Å². The number of likely N-dealkylation sites (tertiary alicyclic amines) is 1. The number of nitrogens with zero attached hydrogens (tertiary/aromatic N) is 1. The molecule has 1 fully saturated rings. The molecular formula is C18H26ClNO2. The number of ketones is 1. The number of benzene rings is 1. The number of rotatable bonds is 6. The normalized spacial score (nSPS) is 17.0. The quantitative estimate of drug-likeness (QED) is 0.725. The Morgan fingerprint density at radius 2 is 2.05 bits per heavy atom. The van der Waals surface area contributed by atoms with Crippen LogP contribution in [0, 0.1) is 5.92 Å². The summed E-state index contributed by atoms with van der Waals surface area (Å²) in [5.74, 6) is 1.55. The lowest BCUT2D eigenvalue weighted by molar-refractivity contribution is 0.0947. The summed E-state index contributed by atoms with van der Waals surface area (Å²) in [5.41, 5.74) is 0.603. The second-order valence-corrected chi connectivity index (χ2v) is 6.94. The van der Waals surface area contributed by atoms with E-state index in [-0.39, 0.29) is 11.9 Å². The topological polar surface area (TPSA) is 29.5 Å². The number of Topliss-reactive ketones (excluding diaryl/α,β-unsaturated/α-hetero) is 1. The van der Waals surface area contributed by atoms with Gasteiger partial charge in [-0.1, -0.05) is 18.5 Å². The molecular weight excluding hydrogens is 298 g/mol. The van der Waals surface area contributed by atoms with Crippen LogP contribution in [0.4, 0.5) is 0 Å². The fourth-order valence-electron chi connectivity index (χ4n) is 2.76. The number of hydrogen-bond donors (Lipinski definition) is 0. The Balaban J connectivity index is 1.98. The Morgan fingerprint density at radius 3 is 2.68 bits per heavy atom. The van der Waals surface area contributed by atoms with Crippen LogP contribution in [0.25, 0.3) is 0 Å². The molecule has 0 unspecified atom stereocenters. The predicted molar refractivity (Wildman–Crippen MR) is 91.0 cm³/mol. The Kier molecular flexibility index (Phi) is 6.27. The first-order valence-electron chi connectivity index (χ1n) is 8.17. The zero-order valence-corrected chi connectivity index (χ0v) is 14.5. The summed E-state index contributed by atoms with van der Waals surface area (Å²) >= 11 is 6.04. The van der Waals surface area contributed by atoms with Gasteiger partial charge in [-0.05, 0) is 63.9 Å². The van der Waals surface area contributed by atoms with Crippen LogP contribution in [0.2, 0.25) is 5.02 Å². The molecule has 0 bridgehead atoms. The Labute approximate surface area is 138 Å². The maximum absolute atomic E-state index is 12.5. The minimum atomic E-state index is 0.0382. The molecule has 2 rings (SSSR count). The van der Waals surface area contributed by atoms with E-state index in [9.17, 15) is 4.79 Å². The maximum atomic E-state index is 12.5. The van der Waals surface area contributed by atoms with Crippen molar-refractivity contribution < 1.29 is 9.53 Å². The minimum absolute atomic E-state index is 0.0382. The van der Waals surface area contributed by atoms with Crippen molar-refractivity contribution >= 4 is 17.4 Å². The molecule has 3 nitrogen and oxygen atoms in total. The highest BCUT2D eigenvalue weighted by atomic mass is 35.5. The second-order valence-electron chi connectivity index (χ2n) is 6.50. The van der Waals surface area contributed by atoms with Gasteiger partial charge in [-0.25, -0.2) is 0 Å². The van der Waals surface area contributed by atoms with Gasteiger partial charge in [0.1, 0.15) is 5.75 Å². The van der Waals surface area contributed by atoms with Crippen molar-refractivity contribution in [2.24, 2.45) is 5.92 Å². The molecule has 0 N–H and O–H groups in total. The van der Waals surface area contributed by atoms with Crippen LogP contribution in [0.15, 0.2) is 18.2 Å². The molecule has 0 radical (unpaired) electrons. The summed E-state index contributed by atoms with van der Waals surface area (Å²) in [6.45, 7) is 9.22. The van der Waals surface area contributed by atoms with Crippen molar-refractivity contribution in [3.05, 3.63) is 28.8 Å². The maximum Gasteiger partial charge on any atom is 0.167 e. The molecule has 1 saturated heterocycles. The van der Waals surface area contributed by atoms with E-state index in [1.165, 1.54) is 12.8 Å². The van der Waals surface area contributed by atoms with Crippen molar-refractivity contribution in [3.63, 3.8) is 0 Å². The van der Waals surface area contributed by atoms with Crippen molar-refractivity contribution in [1.82, 2.24) is 4.90 Å². The standard InChI is InChI=1S/C18H26ClNO2/c1-13(2)22-18-5-4-15(19)12-16(18)17(21)8-11-20-9-6-14(3)7-10-20/h4-5,12-14H,6-11H2,1-3H3. The summed E-state index contributed by atoms with van der Waals surface area (Å²) in [7, 11) is 0. The molecule has 1 aliphatic heterocycles. The van der Waals surface area contributed by atoms with Gasteiger partial charge in [0.15, 0.2) is 5.78 Å². The number of ether oxygens (including phenoxy) is 1. The molecule has 4 heteroatoms. The van der Waals surface area contributed by atoms with Crippen LogP contribution in [0.1, 0.15) is 50.4 Å². The monoisotopic (exact) mass is 323 g/mol. The fraction of sp³-hybridized carbons (Fsp3) is 0.611. The van der Waals surface area contributed by atoms with Gasteiger partial charge in [-0.2, -0.15) is 0 Å². The lowest BCUT2D eigenvalue weighted by Crippen LogP contribution is -2.34. The van der Waals surface area contributed by atoms with E-state index in [1.54, 1.807) is 18.2 Å². The van der Waals surface area contributed by atoms with Crippen LogP contribution in [0.3, 0.4) is 0 Å². The largest absolute Gasteiger partial charge is 0.490 e. The zero-order chi connectivity index (χ0) is 16.1. The number of carbonyl (C=O) groups excluding carboxylic acids is 1. The van der Waals surface area contributed by atoms with Crippen molar-refractivity contribution in [2.75, 3.05) is 19.6 Å². The van der Waals surface area contributed by atoms with Gasteiger partial charge in [0.05, 0.1) is 11.7 Å². The van der Waals surface area contributed by atoms with Gasteiger partial charge >= 0.3 is 0 Å². The van der Waals surface area contributed by atoms with Crippen LogP contribution < -0.4 is 4.74 Å². The van der Waals surface area contributed by atoms with Gasteiger partial charge in [0, 0.05) is 18.0 Å². The predicted octanol–water partition coefficient (Wildman–Crippen LogP) is 4.43. The SMILES string of the molecule is CC1CCN(CCC(=O)c2cc(Cl)ccc2OC(C)C)CC1. The van der Waals surface area contributed by atoms with Crippen LogP contribution in [-0.4, -0.2) is 36.4 Å². The summed E-state index contributed by atoms with van der Waals surface area (Å²) < 4.78 is 5.73. The van der Waals surface area contributed by atoms with Gasteiger partial charge in [-0.3, -0.25) is 4.79 Å². The third kappa shape index (κ3) is 4.99. The Bertz CT molecular complexity index is 508. The number of piperidine rings is 1. The average molecular weight is 324 g/mol. The summed E-state index contributed by atoms with van der Waals surface area (Å²) in [4.78, 5) is 14.9. The molecule has 0 aromatic heterocycles. The van der Waals surface area contributed by atoms with Crippen LogP contribution >= 0.6 is 11.6 Å². The van der Waals surface area contributed by atoms with Crippen molar-refractivity contribution in [2.45, 2.75) is 46.1 Å². The molecule has 22 heavy (non-hydrogen) atoms. The summed E-state index contributed by atoms with van der Waals surface area (Å²) in [6, 6.07) is 5.28. The highest BCUT2D eigenvalue weighted by molar-refractivity contribution is 6.31. The van der Waals surface area contributed by atoms with E-state index < -0.39 is 0 Å². The molecule has 1 aromatic carbocycles. The molecule has 0 atom stereocenters. The van der Waals surface area contributed by atoms with E-state index in [0.717, 1.165) is 25.6 Å². The fourth-order valence-corrected chi connectivity index (χ4v) is 2.93. The first kappa shape index (κ1) is 17.3. The Hall–Kier alpha value is -1.06. The molecule has 0 spiro atoms. The molecule has 122 valence electrons. The number of carbonyl (C=O) groups is 1. The van der Waals surface area contributed by atoms with Crippen LogP contribution in [0.5, 0.6) is 5.75 Å². The third-order valence-electron chi connectivity index (χ3n) is 4.14. The van der Waals surface area contributed by atoms with E-state index in [0.29, 0.717) is 22.8 Å². The highest BCUT2D eigenvalue weighted by Crippen LogP contribution is 2.25. The van der Waals surface area contributed by atoms with Crippen LogP contribution in [-0.2, 0) is 0 Å². The zero-order valence-electron chi connectivity index (χ0n) is 13.8. The molecule has 0 amide bonds. The van der Waals surface area contributed by atoms with E-state index >= 15 is 0 Å². The van der Waals surface area contributed by atoms with E-state index in [4.69, 9.17) is 16.3 Å². The van der Waals surface area contributed by atoms with E-state index in [2.05, 4.69) is 11.8 Å². The van der Waals surface area contributed by atoms with Gasteiger partial charge in [0.2, 0.25) is 0 Å². The van der Waals surface area contributed by atoms with Gasteiger partial charge in [-0.15, -0.1) is 0 Å².